The lowest BCUT2D eigenvalue weighted by Gasteiger charge is -2.07. The van der Waals surface area contributed by atoms with E-state index in [2.05, 4.69) is 20.7 Å². The number of carbonyl (C=O) groups excluding carboxylic acids is 2. The Labute approximate surface area is 144 Å². The smallest absolute Gasteiger partial charge is 0.272 e. The number of rotatable bonds is 6. The Bertz CT molecular complexity index is 891. The van der Waals surface area contributed by atoms with E-state index in [4.69, 9.17) is 0 Å². The van der Waals surface area contributed by atoms with Crippen LogP contribution >= 0.6 is 0 Å². The van der Waals surface area contributed by atoms with Crippen LogP contribution in [0, 0.1) is 6.92 Å². The van der Waals surface area contributed by atoms with Gasteiger partial charge in [0.05, 0.1) is 23.9 Å². The Morgan fingerprint density at radius 1 is 1.20 bits per heavy atom. The van der Waals surface area contributed by atoms with Crippen LogP contribution in [0.2, 0.25) is 0 Å². The quantitative estimate of drug-likeness (QED) is 0.688. The van der Waals surface area contributed by atoms with Crippen LogP contribution in [0.5, 0.6) is 0 Å². The summed E-state index contributed by atoms with van der Waals surface area (Å²) in [6.45, 7) is 2.84. The number of imidazole rings is 1. The van der Waals surface area contributed by atoms with Crippen LogP contribution in [-0.4, -0.2) is 44.2 Å². The number of carbonyl (C=O) groups is 2. The van der Waals surface area contributed by atoms with Crippen molar-refractivity contribution in [3.05, 3.63) is 48.0 Å². The van der Waals surface area contributed by atoms with Gasteiger partial charge in [-0.05, 0) is 25.1 Å². The number of benzene rings is 1. The Morgan fingerprint density at radius 2 is 2.00 bits per heavy atom. The van der Waals surface area contributed by atoms with E-state index >= 15 is 0 Å². The molecule has 0 bridgehead atoms. The highest BCUT2D eigenvalue weighted by Crippen LogP contribution is 2.10. The summed E-state index contributed by atoms with van der Waals surface area (Å²) in [5.74, 6) is -0.607. The molecular weight excluding hydrogens is 320 g/mol. The van der Waals surface area contributed by atoms with E-state index in [9.17, 15) is 9.59 Å². The van der Waals surface area contributed by atoms with Gasteiger partial charge in [0.15, 0.2) is 0 Å². The number of fused-ring (bicyclic) bond motifs is 1. The number of aryl methyl sites for hydroxylation is 2. The summed E-state index contributed by atoms with van der Waals surface area (Å²) in [5.41, 5.74) is 3.13. The zero-order valence-electron chi connectivity index (χ0n) is 14.2. The Kier molecular flexibility index (Phi) is 4.78. The molecule has 130 valence electrons. The van der Waals surface area contributed by atoms with E-state index in [1.807, 2.05) is 35.8 Å². The predicted molar refractivity (Wildman–Crippen MR) is 93.0 cm³/mol. The molecule has 0 aliphatic heterocycles. The maximum atomic E-state index is 11.9. The van der Waals surface area contributed by atoms with Gasteiger partial charge in [-0.3, -0.25) is 14.3 Å². The predicted octanol–water partition coefficient (Wildman–Crippen LogP) is 0.624. The summed E-state index contributed by atoms with van der Waals surface area (Å²) in [7, 11) is 1.76. The molecule has 25 heavy (non-hydrogen) atoms. The molecule has 0 radical (unpaired) electrons. The summed E-state index contributed by atoms with van der Waals surface area (Å²) in [4.78, 5) is 28.1. The fraction of sp³-hybridized carbons (Fsp3) is 0.294. The Balaban J connectivity index is 1.44. The molecule has 0 aliphatic carbocycles. The molecule has 0 saturated carbocycles. The van der Waals surface area contributed by atoms with Crippen LogP contribution in [0.3, 0.4) is 0 Å². The van der Waals surface area contributed by atoms with Gasteiger partial charge < -0.3 is 15.2 Å². The minimum absolute atomic E-state index is 0.0842. The van der Waals surface area contributed by atoms with E-state index < -0.39 is 0 Å². The van der Waals surface area contributed by atoms with Crippen LogP contribution in [0.1, 0.15) is 16.2 Å². The standard InChI is InChI=1S/C17H20N6O2/c1-12-9-14(21-22(12)2)17(25)19-10-16(24)18-7-8-23-11-20-13-5-3-4-6-15(13)23/h3-6,9,11H,7-8,10H2,1-2H3,(H,18,24)(H,19,25). The molecule has 8 nitrogen and oxygen atoms in total. The van der Waals surface area contributed by atoms with Crippen LogP contribution in [0.25, 0.3) is 11.0 Å². The molecule has 0 spiro atoms. The molecule has 2 aromatic heterocycles. The first-order valence-electron chi connectivity index (χ1n) is 8.00. The zero-order valence-corrected chi connectivity index (χ0v) is 14.2. The minimum atomic E-state index is -0.362. The van der Waals surface area contributed by atoms with E-state index in [0.29, 0.717) is 18.8 Å². The van der Waals surface area contributed by atoms with Crippen molar-refractivity contribution in [2.24, 2.45) is 7.05 Å². The lowest BCUT2D eigenvalue weighted by atomic mass is 10.3. The third-order valence-electron chi connectivity index (χ3n) is 3.96. The van der Waals surface area contributed by atoms with Gasteiger partial charge in [0, 0.05) is 25.8 Å². The van der Waals surface area contributed by atoms with Crippen molar-refractivity contribution in [1.29, 1.82) is 0 Å². The van der Waals surface area contributed by atoms with Crippen molar-refractivity contribution in [2.75, 3.05) is 13.1 Å². The average Bonchev–Trinajstić information content (AvgIpc) is 3.17. The molecule has 0 atom stereocenters. The highest BCUT2D eigenvalue weighted by atomic mass is 16.2. The normalized spacial score (nSPS) is 10.8. The second-order valence-corrected chi connectivity index (χ2v) is 5.75. The molecule has 0 saturated heterocycles. The van der Waals surface area contributed by atoms with Crippen molar-refractivity contribution in [3.8, 4) is 0 Å². The zero-order chi connectivity index (χ0) is 17.8. The first-order chi connectivity index (χ1) is 12.0. The summed E-state index contributed by atoms with van der Waals surface area (Å²) >= 11 is 0. The van der Waals surface area contributed by atoms with Crippen molar-refractivity contribution < 1.29 is 9.59 Å². The van der Waals surface area contributed by atoms with Crippen molar-refractivity contribution >= 4 is 22.8 Å². The summed E-state index contributed by atoms with van der Waals surface area (Å²) in [6, 6.07) is 9.50. The Hall–Kier alpha value is -3.16. The van der Waals surface area contributed by atoms with Crippen molar-refractivity contribution in [2.45, 2.75) is 13.5 Å². The average molecular weight is 340 g/mol. The monoisotopic (exact) mass is 340 g/mol. The van der Waals surface area contributed by atoms with Crippen LogP contribution in [0.4, 0.5) is 0 Å². The number of nitrogens with one attached hydrogen (secondary N) is 2. The van der Waals surface area contributed by atoms with Gasteiger partial charge in [0.25, 0.3) is 5.91 Å². The minimum Gasteiger partial charge on any atom is -0.353 e. The molecule has 3 aromatic rings. The maximum absolute atomic E-state index is 11.9. The molecule has 2 heterocycles. The van der Waals surface area contributed by atoms with E-state index in [-0.39, 0.29) is 18.4 Å². The Morgan fingerprint density at radius 3 is 2.76 bits per heavy atom. The molecule has 2 amide bonds. The fourth-order valence-corrected chi connectivity index (χ4v) is 2.49. The summed E-state index contributed by atoms with van der Waals surface area (Å²) in [6.07, 6.45) is 1.75. The van der Waals surface area contributed by atoms with Crippen LogP contribution < -0.4 is 10.6 Å². The van der Waals surface area contributed by atoms with E-state index in [1.54, 1.807) is 24.1 Å². The van der Waals surface area contributed by atoms with Gasteiger partial charge in [0.1, 0.15) is 5.69 Å². The molecule has 2 N–H and O–H groups in total. The first-order valence-corrected chi connectivity index (χ1v) is 8.00. The number of nitrogens with zero attached hydrogens (tertiary/aromatic N) is 4. The van der Waals surface area contributed by atoms with Gasteiger partial charge in [-0.1, -0.05) is 12.1 Å². The molecular formula is C17H20N6O2. The fourth-order valence-electron chi connectivity index (χ4n) is 2.49. The lowest BCUT2D eigenvalue weighted by molar-refractivity contribution is -0.120. The van der Waals surface area contributed by atoms with Crippen LogP contribution in [-0.2, 0) is 18.4 Å². The number of hydrogen-bond donors (Lipinski definition) is 2. The summed E-state index contributed by atoms with van der Waals surface area (Å²) in [5, 5.41) is 9.42. The van der Waals surface area contributed by atoms with E-state index in [1.165, 1.54) is 0 Å². The molecule has 0 aliphatic rings. The van der Waals surface area contributed by atoms with Crippen LogP contribution in [0.15, 0.2) is 36.7 Å². The van der Waals surface area contributed by atoms with Crippen molar-refractivity contribution in [3.63, 3.8) is 0 Å². The largest absolute Gasteiger partial charge is 0.353 e. The van der Waals surface area contributed by atoms with Gasteiger partial charge in [-0.25, -0.2) is 4.98 Å². The number of hydrogen-bond acceptors (Lipinski definition) is 4. The SMILES string of the molecule is Cc1cc(C(=O)NCC(=O)NCCn2cnc3ccccc32)nn1C. The lowest BCUT2D eigenvalue weighted by Crippen LogP contribution is -2.38. The van der Waals surface area contributed by atoms with E-state index in [0.717, 1.165) is 16.7 Å². The second-order valence-electron chi connectivity index (χ2n) is 5.75. The third kappa shape index (κ3) is 3.85. The van der Waals surface area contributed by atoms with Gasteiger partial charge >= 0.3 is 0 Å². The van der Waals surface area contributed by atoms with Crippen molar-refractivity contribution in [1.82, 2.24) is 30.0 Å². The molecule has 3 rings (SSSR count). The number of para-hydroxylation sites is 2. The molecule has 1 aromatic carbocycles. The van der Waals surface area contributed by atoms with Gasteiger partial charge in [-0.2, -0.15) is 5.10 Å². The third-order valence-corrected chi connectivity index (χ3v) is 3.96. The summed E-state index contributed by atoms with van der Waals surface area (Å²) < 4.78 is 3.59. The molecule has 8 heteroatoms. The highest BCUT2D eigenvalue weighted by molar-refractivity contribution is 5.94. The highest BCUT2D eigenvalue weighted by Gasteiger charge is 2.12. The first kappa shape index (κ1) is 16.7. The number of amides is 2. The van der Waals surface area contributed by atoms with Gasteiger partial charge in [0.2, 0.25) is 5.91 Å². The topological polar surface area (TPSA) is 93.8 Å². The number of aromatic nitrogens is 4. The maximum Gasteiger partial charge on any atom is 0.272 e. The van der Waals surface area contributed by atoms with Gasteiger partial charge in [-0.15, -0.1) is 0 Å². The second kappa shape index (κ2) is 7.16. The molecule has 0 unspecified atom stereocenters. The molecule has 0 fully saturated rings.